The van der Waals surface area contributed by atoms with Gasteiger partial charge in [-0.25, -0.2) is 0 Å². The molecule has 0 unspecified atom stereocenters. The van der Waals surface area contributed by atoms with Gasteiger partial charge in [0.1, 0.15) is 0 Å². The highest BCUT2D eigenvalue weighted by Crippen LogP contribution is 2.14. The average Bonchev–Trinajstić information content (AvgIpc) is 2.90. The van der Waals surface area contributed by atoms with E-state index in [-0.39, 0.29) is 5.97 Å². The van der Waals surface area contributed by atoms with Gasteiger partial charge in [0.2, 0.25) is 0 Å². The molecule has 0 aliphatic rings. The second kappa shape index (κ2) is 35.9. The van der Waals surface area contributed by atoms with E-state index in [4.69, 9.17) is 9.84 Å². The number of carboxylic acids is 1. The topological polar surface area (TPSA) is 63.6 Å². The highest BCUT2D eigenvalue weighted by molar-refractivity contribution is 5.69. The van der Waals surface area contributed by atoms with Gasteiger partial charge in [-0.3, -0.25) is 9.59 Å². The number of carbonyl (C=O) groups excluding carboxylic acids is 1. The second-order valence-electron chi connectivity index (χ2n) is 11.2. The highest BCUT2D eigenvalue weighted by atomic mass is 16.5. The van der Waals surface area contributed by atoms with Gasteiger partial charge >= 0.3 is 11.9 Å². The number of ether oxygens (including phenoxy) is 1. The molecule has 1 N–H and O–H groups in total. The van der Waals surface area contributed by atoms with Crippen LogP contribution in [0, 0.1) is 0 Å². The van der Waals surface area contributed by atoms with Crippen molar-refractivity contribution >= 4 is 11.9 Å². The van der Waals surface area contributed by atoms with Crippen LogP contribution in [0.15, 0.2) is 0 Å². The van der Waals surface area contributed by atoms with E-state index < -0.39 is 5.97 Å². The molecule has 0 saturated carbocycles. The summed E-state index contributed by atoms with van der Waals surface area (Å²) in [6, 6.07) is 0. The van der Waals surface area contributed by atoms with E-state index in [0.29, 0.717) is 19.4 Å². The van der Waals surface area contributed by atoms with E-state index in [2.05, 4.69) is 20.8 Å². The first kappa shape index (κ1) is 39.1. The minimum Gasteiger partial charge on any atom is -0.481 e. The van der Waals surface area contributed by atoms with Crippen LogP contribution in [0.25, 0.3) is 0 Å². The van der Waals surface area contributed by atoms with Crippen LogP contribution in [0.3, 0.4) is 0 Å². The summed E-state index contributed by atoms with van der Waals surface area (Å²) in [6.45, 7) is 7.23. The van der Waals surface area contributed by atoms with Crippen molar-refractivity contribution in [3.05, 3.63) is 0 Å². The standard InChI is InChI=1S/C18H36O2.C16H32O2/c1-2-3-4-5-6-7-8-9-10-11-12-13-14-15-16-17-18(19)20;1-3-5-7-8-9-10-11-12-13-14-16(17)18-15-6-4-2/h2-17H2,1H3,(H,19,20);3-15H2,1-2H3. The summed E-state index contributed by atoms with van der Waals surface area (Å²) in [6.07, 6.45) is 34.5. The van der Waals surface area contributed by atoms with Crippen molar-refractivity contribution < 1.29 is 19.4 Å². The molecule has 0 saturated heterocycles. The Kier molecular flexibility index (Phi) is 37.0. The van der Waals surface area contributed by atoms with Crippen molar-refractivity contribution in [1.82, 2.24) is 0 Å². The second-order valence-corrected chi connectivity index (χ2v) is 11.2. The molecule has 0 spiro atoms. The maximum atomic E-state index is 11.3. The number of unbranched alkanes of at least 4 members (excludes halogenated alkanes) is 23. The zero-order valence-corrected chi connectivity index (χ0v) is 26.2. The van der Waals surface area contributed by atoms with E-state index in [1.165, 1.54) is 135 Å². The Morgan fingerprint density at radius 2 is 0.711 bits per heavy atom. The number of hydrogen-bond donors (Lipinski definition) is 1. The molecule has 0 rings (SSSR count). The Labute approximate surface area is 238 Å². The van der Waals surface area contributed by atoms with E-state index >= 15 is 0 Å². The number of carbonyl (C=O) groups is 2. The van der Waals surface area contributed by atoms with Crippen molar-refractivity contribution in [3.63, 3.8) is 0 Å². The van der Waals surface area contributed by atoms with Crippen LogP contribution < -0.4 is 0 Å². The summed E-state index contributed by atoms with van der Waals surface area (Å²) < 4.78 is 5.12. The van der Waals surface area contributed by atoms with E-state index in [1.807, 2.05) is 0 Å². The molecule has 0 aromatic carbocycles. The SMILES string of the molecule is CCCCCCCCCCCC(=O)OCCCC.CCCCCCCCCCCCCCCCCC(=O)O. The van der Waals surface area contributed by atoms with Gasteiger partial charge in [0.25, 0.3) is 0 Å². The average molecular weight is 541 g/mol. The van der Waals surface area contributed by atoms with Gasteiger partial charge in [0, 0.05) is 12.8 Å². The minimum atomic E-state index is -0.653. The Balaban J connectivity index is 0. The molecule has 0 atom stereocenters. The lowest BCUT2D eigenvalue weighted by Crippen LogP contribution is -2.05. The van der Waals surface area contributed by atoms with Crippen LogP contribution in [0.1, 0.15) is 201 Å². The monoisotopic (exact) mass is 541 g/mol. The lowest BCUT2D eigenvalue weighted by atomic mass is 10.0. The van der Waals surface area contributed by atoms with Crippen molar-refractivity contribution in [2.24, 2.45) is 0 Å². The van der Waals surface area contributed by atoms with Crippen LogP contribution >= 0.6 is 0 Å². The summed E-state index contributed by atoms with van der Waals surface area (Å²) in [7, 11) is 0. The third-order valence-electron chi connectivity index (χ3n) is 7.24. The zero-order chi connectivity index (χ0) is 28.4. The third kappa shape index (κ3) is 39.5. The summed E-state index contributed by atoms with van der Waals surface area (Å²) in [5.41, 5.74) is 0. The Morgan fingerprint density at radius 1 is 0.421 bits per heavy atom. The van der Waals surface area contributed by atoms with Gasteiger partial charge in [-0.2, -0.15) is 0 Å². The molecule has 4 nitrogen and oxygen atoms in total. The first-order valence-corrected chi connectivity index (χ1v) is 17.0. The molecule has 228 valence electrons. The Hall–Kier alpha value is -1.06. The summed E-state index contributed by atoms with van der Waals surface area (Å²) >= 11 is 0. The molecule has 0 aliphatic heterocycles. The van der Waals surface area contributed by atoms with Gasteiger partial charge in [-0.1, -0.05) is 168 Å². The van der Waals surface area contributed by atoms with Crippen LogP contribution in [-0.4, -0.2) is 23.7 Å². The summed E-state index contributed by atoms with van der Waals surface area (Å²) in [5.74, 6) is -0.661. The van der Waals surface area contributed by atoms with Crippen LogP contribution in [0.2, 0.25) is 0 Å². The Morgan fingerprint density at radius 3 is 1.03 bits per heavy atom. The fourth-order valence-electron chi connectivity index (χ4n) is 4.63. The van der Waals surface area contributed by atoms with Crippen LogP contribution in [0.4, 0.5) is 0 Å². The number of hydrogen-bond acceptors (Lipinski definition) is 3. The quantitative estimate of drug-likeness (QED) is 0.0756. The van der Waals surface area contributed by atoms with Crippen LogP contribution in [0.5, 0.6) is 0 Å². The van der Waals surface area contributed by atoms with Gasteiger partial charge in [-0.05, 0) is 19.3 Å². The minimum absolute atomic E-state index is 0.00797. The number of carboxylic acid groups (broad SMARTS) is 1. The highest BCUT2D eigenvalue weighted by Gasteiger charge is 2.02. The molecule has 38 heavy (non-hydrogen) atoms. The van der Waals surface area contributed by atoms with E-state index in [9.17, 15) is 9.59 Å². The molecule has 0 radical (unpaired) electrons. The molecule has 0 heterocycles. The maximum absolute atomic E-state index is 11.3. The fourth-order valence-corrected chi connectivity index (χ4v) is 4.63. The van der Waals surface area contributed by atoms with Crippen molar-refractivity contribution in [1.29, 1.82) is 0 Å². The smallest absolute Gasteiger partial charge is 0.305 e. The number of rotatable bonds is 29. The Bertz CT molecular complexity index is 463. The third-order valence-corrected chi connectivity index (χ3v) is 7.24. The molecule has 0 fully saturated rings. The first-order chi connectivity index (χ1) is 18.6. The van der Waals surface area contributed by atoms with Gasteiger partial charge in [0.05, 0.1) is 6.61 Å². The van der Waals surface area contributed by atoms with Gasteiger partial charge < -0.3 is 9.84 Å². The maximum Gasteiger partial charge on any atom is 0.305 e. The van der Waals surface area contributed by atoms with Gasteiger partial charge in [-0.15, -0.1) is 0 Å². The van der Waals surface area contributed by atoms with Crippen molar-refractivity contribution in [2.45, 2.75) is 201 Å². The van der Waals surface area contributed by atoms with Crippen LogP contribution in [-0.2, 0) is 14.3 Å². The molecule has 4 heteroatoms. The molecular weight excluding hydrogens is 472 g/mol. The fraction of sp³-hybridized carbons (Fsp3) is 0.941. The first-order valence-electron chi connectivity index (χ1n) is 17.0. The predicted octanol–water partition coefficient (Wildman–Crippen LogP) is 11.6. The summed E-state index contributed by atoms with van der Waals surface area (Å²) in [5, 5.41) is 8.52. The molecule has 0 amide bonds. The van der Waals surface area contributed by atoms with Gasteiger partial charge in [0.15, 0.2) is 0 Å². The molecule has 0 aromatic rings. The summed E-state index contributed by atoms with van der Waals surface area (Å²) in [4.78, 5) is 21.6. The molecule has 0 aliphatic carbocycles. The molecule has 0 aromatic heterocycles. The number of aliphatic carboxylic acids is 1. The van der Waals surface area contributed by atoms with E-state index in [0.717, 1.165) is 32.1 Å². The lowest BCUT2D eigenvalue weighted by molar-refractivity contribution is -0.144. The lowest BCUT2D eigenvalue weighted by Gasteiger charge is -2.04. The zero-order valence-electron chi connectivity index (χ0n) is 26.2. The molecule has 0 bridgehead atoms. The molecular formula is C34H68O4. The van der Waals surface area contributed by atoms with E-state index in [1.54, 1.807) is 0 Å². The largest absolute Gasteiger partial charge is 0.481 e. The van der Waals surface area contributed by atoms with Crippen molar-refractivity contribution in [3.8, 4) is 0 Å². The normalized spacial score (nSPS) is 10.7. The predicted molar refractivity (Wildman–Crippen MR) is 165 cm³/mol. The number of esters is 1. The van der Waals surface area contributed by atoms with Crippen molar-refractivity contribution in [2.75, 3.05) is 6.61 Å².